The van der Waals surface area contributed by atoms with Crippen molar-refractivity contribution >= 4 is 27.4 Å². The monoisotopic (exact) mass is 346 g/mol. The molecule has 0 bridgehead atoms. The van der Waals surface area contributed by atoms with Crippen molar-refractivity contribution in [3.8, 4) is 0 Å². The summed E-state index contributed by atoms with van der Waals surface area (Å²) >= 11 is 5.82. The highest BCUT2D eigenvalue weighted by molar-refractivity contribution is 7.90. The number of aromatic nitrogens is 2. The second kappa shape index (κ2) is 7.57. The summed E-state index contributed by atoms with van der Waals surface area (Å²) in [4.78, 5) is 8.18. The van der Waals surface area contributed by atoms with Crippen LogP contribution in [-0.4, -0.2) is 36.2 Å². The number of nitrogens with one attached hydrogen (secondary N) is 2. The van der Waals surface area contributed by atoms with E-state index in [-0.39, 0.29) is 5.25 Å². The van der Waals surface area contributed by atoms with Gasteiger partial charge in [0.15, 0.2) is 0 Å². The average molecular weight is 347 g/mol. The summed E-state index contributed by atoms with van der Waals surface area (Å²) in [5, 5.41) is 3.33. The molecular weight excluding hydrogens is 324 g/mol. The van der Waals surface area contributed by atoms with Gasteiger partial charge in [0.1, 0.15) is 11.0 Å². The average Bonchev–Trinajstić information content (AvgIpc) is 2.46. The second-order valence-corrected chi connectivity index (χ2v) is 8.74. The first kappa shape index (κ1) is 17.4. The number of nitrogens with zero attached hydrogens (tertiary/aromatic N) is 2. The molecule has 0 saturated heterocycles. The second-order valence-electron chi connectivity index (χ2n) is 6.03. The lowest BCUT2D eigenvalue weighted by Crippen LogP contribution is -2.37. The maximum Gasteiger partial charge on any atom is 0.213 e. The smallest absolute Gasteiger partial charge is 0.213 e. The first-order valence-corrected chi connectivity index (χ1v) is 9.52. The zero-order valence-electron chi connectivity index (χ0n) is 12.9. The number of anilines is 1. The summed E-state index contributed by atoms with van der Waals surface area (Å²) < 4.78 is 26.2. The predicted octanol–water partition coefficient (Wildman–Crippen LogP) is 2.43. The van der Waals surface area contributed by atoms with Crippen molar-refractivity contribution in [3.05, 3.63) is 17.5 Å². The Labute approximate surface area is 137 Å². The van der Waals surface area contributed by atoms with Gasteiger partial charge in [0.2, 0.25) is 10.0 Å². The molecule has 1 fully saturated rings. The Kier molecular flexibility index (Phi) is 6.00. The molecule has 6 nitrogen and oxygen atoms in total. The van der Waals surface area contributed by atoms with Crippen LogP contribution in [0.5, 0.6) is 0 Å². The Hall–Kier alpha value is -0.920. The van der Waals surface area contributed by atoms with E-state index in [4.69, 9.17) is 11.6 Å². The maximum absolute atomic E-state index is 11.8. The fourth-order valence-electron chi connectivity index (χ4n) is 2.53. The summed E-state index contributed by atoms with van der Waals surface area (Å²) in [7, 11) is -3.16. The van der Waals surface area contributed by atoms with Gasteiger partial charge in [-0.25, -0.2) is 18.1 Å². The van der Waals surface area contributed by atoms with Crippen LogP contribution in [-0.2, 0) is 10.0 Å². The van der Waals surface area contributed by atoms with Crippen LogP contribution in [0.4, 0.5) is 5.82 Å². The number of hydrogen-bond donors (Lipinski definition) is 2. The van der Waals surface area contributed by atoms with E-state index in [0.717, 1.165) is 25.7 Å². The van der Waals surface area contributed by atoms with Crippen LogP contribution in [0.25, 0.3) is 0 Å². The number of hydrogen-bond acceptors (Lipinski definition) is 5. The van der Waals surface area contributed by atoms with Crippen LogP contribution in [0.15, 0.2) is 12.4 Å². The van der Waals surface area contributed by atoms with Gasteiger partial charge in [0.05, 0.1) is 17.6 Å². The Morgan fingerprint density at radius 3 is 2.55 bits per heavy atom. The van der Waals surface area contributed by atoms with E-state index in [1.165, 1.54) is 6.20 Å². The fourth-order valence-corrected chi connectivity index (χ4v) is 3.48. The van der Waals surface area contributed by atoms with Crippen LogP contribution in [0, 0.1) is 5.92 Å². The number of halogens is 1. The van der Waals surface area contributed by atoms with E-state index in [1.54, 1.807) is 20.0 Å². The van der Waals surface area contributed by atoms with Crippen molar-refractivity contribution in [2.75, 3.05) is 11.9 Å². The van der Waals surface area contributed by atoms with E-state index in [2.05, 4.69) is 20.0 Å². The topological polar surface area (TPSA) is 84.0 Å². The van der Waals surface area contributed by atoms with Crippen molar-refractivity contribution in [1.29, 1.82) is 0 Å². The van der Waals surface area contributed by atoms with Crippen molar-refractivity contribution in [1.82, 2.24) is 14.7 Å². The summed E-state index contributed by atoms with van der Waals surface area (Å²) in [5.74, 6) is 1.09. The first-order chi connectivity index (χ1) is 10.4. The lowest BCUT2D eigenvalue weighted by molar-refractivity contribution is 0.336. The molecule has 0 aromatic carbocycles. The van der Waals surface area contributed by atoms with E-state index in [1.807, 2.05) is 0 Å². The minimum Gasteiger partial charge on any atom is -0.366 e. The van der Waals surface area contributed by atoms with Gasteiger partial charge in [-0.3, -0.25) is 4.98 Å². The van der Waals surface area contributed by atoms with E-state index < -0.39 is 10.0 Å². The molecule has 124 valence electrons. The molecule has 1 aliphatic rings. The van der Waals surface area contributed by atoms with Crippen molar-refractivity contribution in [2.45, 2.75) is 50.8 Å². The molecule has 1 aliphatic carbocycles. The van der Waals surface area contributed by atoms with Crippen LogP contribution < -0.4 is 10.0 Å². The van der Waals surface area contributed by atoms with Crippen LogP contribution in [0.2, 0.25) is 5.15 Å². The highest BCUT2D eigenvalue weighted by atomic mass is 35.5. The fraction of sp³-hybridized carbons (Fsp3) is 0.714. The van der Waals surface area contributed by atoms with Crippen LogP contribution >= 0.6 is 11.6 Å². The zero-order valence-corrected chi connectivity index (χ0v) is 14.5. The molecule has 0 radical (unpaired) electrons. The highest BCUT2D eigenvalue weighted by Gasteiger charge is 2.23. The molecule has 8 heteroatoms. The molecule has 1 heterocycles. The third kappa shape index (κ3) is 5.07. The normalized spacial score (nSPS) is 22.7. The minimum atomic E-state index is -3.16. The third-order valence-electron chi connectivity index (χ3n) is 4.00. The van der Waals surface area contributed by atoms with E-state index >= 15 is 0 Å². The van der Waals surface area contributed by atoms with Gasteiger partial charge in [0, 0.05) is 12.6 Å². The van der Waals surface area contributed by atoms with Crippen LogP contribution in [0.1, 0.15) is 39.5 Å². The molecule has 0 amide bonds. The first-order valence-electron chi connectivity index (χ1n) is 7.59. The summed E-state index contributed by atoms with van der Waals surface area (Å²) in [6.07, 6.45) is 7.13. The third-order valence-corrected chi connectivity index (χ3v) is 5.99. The summed E-state index contributed by atoms with van der Waals surface area (Å²) in [6, 6.07) is 0.339. The van der Waals surface area contributed by atoms with Crippen molar-refractivity contribution in [2.24, 2.45) is 5.92 Å². The lowest BCUT2D eigenvalue weighted by Gasteiger charge is -2.29. The Balaban J connectivity index is 1.76. The molecule has 1 aromatic rings. The highest BCUT2D eigenvalue weighted by Crippen LogP contribution is 2.26. The maximum atomic E-state index is 11.8. The lowest BCUT2D eigenvalue weighted by atomic mass is 9.86. The standard InChI is InChI=1S/C14H23ClN4O2S/c1-10(2)22(20,21)17-7-11-3-5-12(6-4-11)18-14-9-16-8-13(15)19-14/h8-12,17H,3-7H2,1-2H3,(H,18,19). The van der Waals surface area contributed by atoms with E-state index in [0.29, 0.717) is 29.5 Å². The molecule has 2 rings (SSSR count). The molecule has 1 aromatic heterocycles. The minimum absolute atomic E-state index is 0.339. The zero-order chi connectivity index (χ0) is 16.2. The quantitative estimate of drug-likeness (QED) is 0.826. The molecule has 0 unspecified atom stereocenters. The molecular formula is C14H23ClN4O2S. The van der Waals surface area contributed by atoms with Gasteiger partial charge < -0.3 is 5.32 Å². The Bertz CT molecular complexity index is 586. The predicted molar refractivity (Wildman–Crippen MR) is 88.5 cm³/mol. The molecule has 22 heavy (non-hydrogen) atoms. The largest absolute Gasteiger partial charge is 0.366 e. The van der Waals surface area contributed by atoms with Gasteiger partial charge in [0.25, 0.3) is 0 Å². The molecule has 2 N–H and O–H groups in total. The Morgan fingerprint density at radius 1 is 1.27 bits per heavy atom. The van der Waals surface area contributed by atoms with Gasteiger partial charge >= 0.3 is 0 Å². The summed E-state index contributed by atoms with van der Waals surface area (Å²) in [5.41, 5.74) is 0. The van der Waals surface area contributed by atoms with Gasteiger partial charge in [-0.1, -0.05) is 11.6 Å². The molecule has 1 saturated carbocycles. The molecule has 0 atom stereocenters. The molecule has 0 aliphatic heterocycles. The van der Waals surface area contributed by atoms with E-state index in [9.17, 15) is 8.42 Å². The van der Waals surface area contributed by atoms with Gasteiger partial charge in [-0.2, -0.15) is 0 Å². The van der Waals surface area contributed by atoms with Gasteiger partial charge in [-0.15, -0.1) is 0 Å². The number of rotatable bonds is 6. The Morgan fingerprint density at radius 2 is 1.95 bits per heavy atom. The van der Waals surface area contributed by atoms with Crippen LogP contribution in [0.3, 0.4) is 0 Å². The van der Waals surface area contributed by atoms with Crippen molar-refractivity contribution in [3.63, 3.8) is 0 Å². The SMILES string of the molecule is CC(C)S(=O)(=O)NCC1CCC(Nc2cncc(Cl)n2)CC1. The molecule has 0 spiro atoms. The number of sulfonamides is 1. The van der Waals surface area contributed by atoms with Gasteiger partial charge in [-0.05, 0) is 45.4 Å². The van der Waals surface area contributed by atoms with Crippen molar-refractivity contribution < 1.29 is 8.42 Å². The summed E-state index contributed by atoms with van der Waals surface area (Å²) in [6.45, 7) is 3.91.